The SMILES string of the molecule is CCC(C)[C@H](N)C(=O)NCCc1nncn1C. The van der Waals surface area contributed by atoms with Crippen LogP contribution in [0.2, 0.25) is 0 Å². The van der Waals surface area contributed by atoms with Gasteiger partial charge in [0, 0.05) is 20.0 Å². The third-order valence-corrected chi connectivity index (χ3v) is 3.01. The van der Waals surface area contributed by atoms with Gasteiger partial charge < -0.3 is 15.6 Å². The van der Waals surface area contributed by atoms with Gasteiger partial charge in [-0.1, -0.05) is 20.3 Å². The van der Waals surface area contributed by atoms with Gasteiger partial charge >= 0.3 is 0 Å². The minimum atomic E-state index is -0.431. The van der Waals surface area contributed by atoms with Crippen LogP contribution in [-0.4, -0.2) is 33.3 Å². The van der Waals surface area contributed by atoms with E-state index in [2.05, 4.69) is 15.5 Å². The molecule has 0 spiro atoms. The lowest BCUT2D eigenvalue weighted by Gasteiger charge is -2.17. The third-order valence-electron chi connectivity index (χ3n) is 3.01. The van der Waals surface area contributed by atoms with Crippen molar-refractivity contribution in [3.63, 3.8) is 0 Å². The Kier molecular flexibility index (Phi) is 5.09. The lowest BCUT2D eigenvalue weighted by Crippen LogP contribution is -2.45. The van der Waals surface area contributed by atoms with E-state index in [-0.39, 0.29) is 11.8 Å². The highest BCUT2D eigenvalue weighted by Gasteiger charge is 2.18. The van der Waals surface area contributed by atoms with E-state index in [0.29, 0.717) is 13.0 Å². The summed E-state index contributed by atoms with van der Waals surface area (Å²) in [7, 11) is 1.88. The minimum Gasteiger partial charge on any atom is -0.354 e. The van der Waals surface area contributed by atoms with E-state index in [1.807, 2.05) is 25.5 Å². The summed E-state index contributed by atoms with van der Waals surface area (Å²) in [4.78, 5) is 11.7. The Bertz CT molecular complexity index is 362. The van der Waals surface area contributed by atoms with Crippen molar-refractivity contribution >= 4 is 5.91 Å². The molecule has 0 aliphatic carbocycles. The molecule has 3 N–H and O–H groups in total. The molecular formula is C11H21N5O. The molecule has 1 aromatic heterocycles. The van der Waals surface area contributed by atoms with E-state index in [9.17, 15) is 4.79 Å². The lowest BCUT2D eigenvalue weighted by atomic mass is 9.99. The van der Waals surface area contributed by atoms with Crippen LogP contribution in [0.3, 0.4) is 0 Å². The molecule has 1 unspecified atom stereocenters. The fourth-order valence-electron chi connectivity index (χ4n) is 1.46. The number of nitrogens with zero attached hydrogens (tertiary/aromatic N) is 3. The van der Waals surface area contributed by atoms with Crippen LogP contribution in [0.5, 0.6) is 0 Å². The van der Waals surface area contributed by atoms with E-state index in [1.165, 1.54) is 0 Å². The molecule has 1 aromatic rings. The van der Waals surface area contributed by atoms with Crippen LogP contribution in [0.15, 0.2) is 6.33 Å². The fraction of sp³-hybridized carbons (Fsp3) is 0.727. The van der Waals surface area contributed by atoms with Crippen molar-refractivity contribution in [2.24, 2.45) is 18.7 Å². The molecule has 0 bridgehead atoms. The zero-order chi connectivity index (χ0) is 12.8. The molecule has 17 heavy (non-hydrogen) atoms. The highest BCUT2D eigenvalue weighted by Crippen LogP contribution is 2.04. The van der Waals surface area contributed by atoms with Gasteiger partial charge in [-0.15, -0.1) is 10.2 Å². The van der Waals surface area contributed by atoms with E-state index < -0.39 is 6.04 Å². The minimum absolute atomic E-state index is 0.0958. The monoisotopic (exact) mass is 239 g/mol. The number of carbonyl (C=O) groups excluding carboxylic acids is 1. The molecule has 6 nitrogen and oxygen atoms in total. The number of carbonyl (C=O) groups is 1. The van der Waals surface area contributed by atoms with Crippen molar-refractivity contribution < 1.29 is 4.79 Å². The van der Waals surface area contributed by atoms with Crippen molar-refractivity contribution in [3.05, 3.63) is 12.2 Å². The van der Waals surface area contributed by atoms with Gasteiger partial charge in [0.2, 0.25) is 5.91 Å². The summed E-state index contributed by atoms with van der Waals surface area (Å²) < 4.78 is 1.83. The molecule has 0 aliphatic rings. The van der Waals surface area contributed by atoms with Crippen molar-refractivity contribution in [2.45, 2.75) is 32.7 Å². The topological polar surface area (TPSA) is 85.8 Å². The molecule has 1 amide bonds. The number of aromatic nitrogens is 3. The van der Waals surface area contributed by atoms with Gasteiger partial charge in [0.15, 0.2) is 0 Å². The highest BCUT2D eigenvalue weighted by molar-refractivity contribution is 5.81. The van der Waals surface area contributed by atoms with Crippen molar-refractivity contribution in [3.8, 4) is 0 Å². The molecule has 0 aromatic carbocycles. The molecule has 96 valence electrons. The molecule has 1 heterocycles. The van der Waals surface area contributed by atoms with Gasteiger partial charge in [-0.25, -0.2) is 0 Å². The van der Waals surface area contributed by atoms with Gasteiger partial charge in [0.1, 0.15) is 12.2 Å². The van der Waals surface area contributed by atoms with Gasteiger partial charge in [-0.05, 0) is 5.92 Å². The van der Waals surface area contributed by atoms with Crippen LogP contribution >= 0.6 is 0 Å². The zero-order valence-corrected chi connectivity index (χ0v) is 10.7. The molecular weight excluding hydrogens is 218 g/mol. The molecule has 0 saturated carbocycles. The first kappa shape index (κ1) is 13.6. The quantitative estimate of drug-likeness (QED) is 0.722. The van der Waals surface area contributed by atoms with Crippen LogP contribution in [0.1, 0.15) is 26.1 Å². The summed E-state index contributed by atoms with van der Waals surface area (Å²) in [5.41, 5.74) is 5.82. The third kappa shape index (κ3) is 3.81. The average Bonchev–Trinajstić information content (AvgIpc) is 2.73. The Balaban J connectivity index is 2.32. The van der Waals surface area contributed by atoms with E-state index in [4.69, 9.17) is 5.73 Å². The second kappa shape index (κ2) is 6.34. The number of hydrogen-bond acceptors (Lipinski definition) is 4. The first-order valence-electron chi connectivity index (χ1n) is 5.92. The van der Waals surface area contributed by atoms with E-state index in [0.717, 1.165) is 12.2 Å². The molecule has 0 radical (unpaired) electrons. The van der Waals surface area contributed by atoms with E-state index in [1.54, 1.807) is 6.33 Å². The zero-order valence-electron chi connectivity index (χ0n) is 10.7. The molecule has 6 heteroatoms. The van der Waals surface area contributed by atoms with Crippen molar-refractivity contribution in [1.29, 1.82) is 0 Å². The highest BCUT2D eigenvalue weighted by atomic mass is 16.2. The van der Waals surface area contributed by atoms with Gasteiger partial charge in [-0.2, -0.15) is 0 Å². The Morgan fingerprint density at radius 2 is 2.35 bits per heavy atom. The summed E-state index contributed by atoms with van der Waals surface area (Å²) in [6.45, 7) is 4.54. The second-order valence-corrected chi connectivity index (χ2v) is 4.31. The molecule has 1 rings (SSSR count). The van der Waals surface area contributed by atoms with Gasteiger partial charge in [-0.3, -0.25) is 4.79 Å². The number of nitrogens with one attached hydrogen (secondary N) is 1. The smallest absolute Gasteiger partial charge is 0.237 e. The molecule has 0 fully saturated rings. The largest absolute Gasteiger partial charge is 0.354 e. The maximum Gasteiger partial charge on any atom is 0.237 e. The standard InChI is InChI=1S/C11H21N5O/c1-4-8(2)10(12)11(17)13-6-5-9-15-14-7-16(9)3/h7-8,10H,4-6,12H2,1-3H3,(H,13,17)/t8?,10-/m0/s1. The number of hydrogen-bond donors (Lipinski definition) is 2. The van der Waals surface area contributed by atoms with Crippen LogP contribution in [-0.2, 0) is 18.3 Å². The van der Waals surface area contributed by atoms with Crippen molar-refractivity contribution in [1.82, 2.24) is 20.1 Å². The first-order chi connectivity index (χ1) is 8.06. The number of amides is 1. The maximum atomic E-state index is 11.7. The van der Waals surface area contributed by atoms with E-state index >= 15 is 0 Å². The number of aryl methyl sites for hydroxylation is 1. The van der Waals surface area contributed by atoms with Crippen LogP contribution in [0.4, 0.5) is 0 Å². The first-order valence-corrected chi connectivity index (χ1v) is 5.92. The summed E-state index contributed by atoms with van der Waals surface area (Å²) in [6, 6.07) is -0.431. The molecule has 2 atom stereocenters. The van der Waals surface area contributed by atoms with Crippen molar-refractivity contribution in [2.75, 3.05) is 6.54 Å². The van der Waals surface area contributed by atoms with Crippen LogP contribution in [0, 0.1) is 5.92 Å². The Hall–Kier alpha value is -1.43. The van der Waals surface area contributed by atoms with Gasteiger partial charge in [0.05, 0.1) is 6.04 Å². The average molecular weight is 239 g/mol. The van der Waals surface area contributed by atoms with Gasteiger partial charge in [0.25, 0.3) is 0 Å². The number of rotatable bonds is 6. The van der Waals surface area contributed by atoms with Crippen LogP contribution < -0.4 is 11.1 Å². The predicted octanol–water partition coefficient (Wildman–Crippen LogP) is -0.153. The number of nitrogens with two attached hydrogens (primary N) is 1. The summed E-state index contributed by atoms with van der Waals surface area (Å²) >= 11 is 0. The fourth-order valence-corrected chi connectivity index (χ4v) is 1.46. The molecule has 0 aliphatic heterocycles. The second-order valence-electron chi connectivity index (χ2n) is 4.31. The predicted molar refractivity (Wildman–Crippen MR) is 65.1 cm³/mol. The summed E-state index contributed by atoms with van der Waals surface area (Å²) in [5, 5.41) is 10.5. The summed E-state index contributed by atoms with van der Waals surface area (Å²) in [6.07, 6.45) is 3.20. The normalized spacial score (nSPS) is 14.4. The Labute approximate surface area is 102 Å². The lowest BCUT2D eigenvalue weighted by molar-refractivity contribution is -0.123. The van der Waals surface area contributed by atoms with Crippen LogP contribution in [0.25, 0.3) is 0 Å². The summed E-state index contributed by atoms with van der Waals surface area (Å²) in [5.74, 6) is 0.953. The maximum absolute atomic E-state index is 11.7. The Morgan fingerprint density at radius 3 is 2.88 bits per heavy atom. The Morgan fingerprint density at radius 1 is 1.65 bits per heavy atom. The molecule has 0 saturated heterocycles.